The molecule has 5 rings (SSSR count). The molecular weight excluding hydrogens is 432 g/mol. The number of benzene rings is 1. The van der Waals surface area contributed by atoms with E-state index in [-0.39, 0.29) is 23.6 Å². The predicted octanol–water partition coefficient (Wildman–Crippen LogP) is 2.06. The number of ether oxygens (including phenoxy) is 1. The van der Waals surface area contributed by atoms with E-state index >= 15 is 0 Å². The maximum absolute atomic E-state index is 13.6. The maximum Gasteiger partial charge on any atom is 0.270 e. The van der Waals surface area contributed by atoms with Crippen LogP contribution in [0.4, 0.5) is 0 Å². The standard InChI is InChI=1S/C26H30N4O4/c1-3-18(11-16-9-10-27-24(16)31)28-25(32)22-12-17(15-7-8-15)14-30(22)26(33)21-13-19-20(29-21)5-4-6-23(19)34-2/h1,4-6,13,15-18,22,29H,7-12,14H2,2H3,(H,27,31)(H,28,32)/t16-,17+,18+,22-/m0/s1. The lowest BCUT2D eigenvalue weighted by Crippen LogP contribution is -2.49. The van der Waals surface area contributed by atoms with Crippen LogP contribution >= 0.6 is 0 Å². The van der Waals surface area contributed by atoms with Crippen LogP contribution < -0.4 is 15.4 Å². The summed E-state index contributed by atoms with van der Waals surface area (Å²) in [7, 11) is 1.60. The SMILES string of the molecule is C#C[C@H](C[C@@H]1CCNC1=O)NC(=O)[C@@H]1C[C@@H](C2CC2)CN1C(=O)c1cc2c(OC)cccc2[nH]1. The molecule has 1 aromatic carbocycles. The van der Waals surface area contributed by atoms with Crippen LogP contribution in [0.5, 0.6) is 5.75 Å². The number of hydrogen-bond donors (Lipinski definition) is 3. The first-order chi connectivity index (χ1) is 16.5. The van der Waals surface area contributed by atoms with E-state index in [1.165, 1.54) is 0 Å². The molecule has 3 N–H and O–H groups in total. The van der Waals surface area contributed by atoms with Crippen LogP contribution in [0.2, 0.25) is 0 Å². The van der Waals surface area contributed by atoms with Gasteiger partial charge < -0.3 is 25.3 Å². The number of carbonyl (C=O) groups excluding carboxylic acids is 3. The quantitative estimate of drug-likeness (QED) is 0.548. The summed E-state index contributed by atoms with van der Waals surface area (Å²) in [6.45, 7) is 1.19. The lowest BCUT2D eigenvalue weighted by molar-refractivity contribution is -0.126. The Kier molecular flexibility index (Phi) is 5.94. The van der Waals surface area contributed by atoms with Crippen molar-refractivity contribution in [1.82, 2.24) is 20.5 Å². The number of nitrogens with one attached hydrogen (secondary N) is 3. The van der Waals surface area contributed by atoms with Gasteiger partial charge in [-0.1, -0.05) is 12.0 Å². The number of hydrogen-bond acceptors (Lipinski definition) is 4. The lowest BCUT2D eigenvalue weighted by Gasteiger charge is -2.25. The van der Waals surface area contributed by atoms with E-state index in [9.17, 15) is 14.4 Å². The van der Waals surface area contributed by atoms with Gasteiger partial charge in [0.1, 0.15) is 17.5 Å². The summed E-state index contributed by atoms with van der Waals surface area (Å²) in [5.41, 5.74) is 1.24. The second-order valence-electron chi connectivity index (χ2n) is 9.65. The zero-order valence-corrected chi connectivity index (χ0v) is 19.3. The fraction of sp³-hybridized carbons (Fsp3) is 0.500. The Morgan fingerprint density at radius 1 is 1.29 bits per heavy atom. The zero-order valence-electron chi connectivity index (χ0n) is 19.3. The normalized spacial score (nSPS) is 25.1. The Labute approximate surface area is 198 Å². The minimum atomic E-state index is -0.584. The predicted molar refractivity (Wildman–Crippen MR) is 127 cm³/mol. The summed E-state index contributed by atoms with van der Waals surface area (Å²) in [5.74, 6) is 3.53. The van der Waals surface area contributed by atoms with Crippen LogP contribution in [-0.2, 0) is 9.59 Å². The van der Waals surface area contributed by atoms with Gasteiger partial charge in [-0.05, 0) is 62.1 Å². The largest absolute Gasteiger partial charge is 0.496 e. The molecule has 3 fully saturated rings. The number of methoxy groups -OCH3 is 1. The van der Waals surface area contributed by atoms with Crippen LogP contribution in [0.1, 0.15) is 42.6 Å². The Bertz CT molecular complexity index is 1160. The topological polar surface area (TPSA) is 104 Å². The molecule has 0 radical (unpaired) electrons. The van der Waals surface area contributed by atoms with Gasteiger partial charge in [0.25, 0.3) is 5.91 Å². The number of terminal acetylenes is 1. The number of amides is 3. The van der Waals surface area contributed by atoms with E-state index in [0.29, 0.717) is 55.6 Å². The van der Waals surface area contributed by atoms with Crippen molar-refractivity contribution in [3.05, 3.63) is 30.0 Å². The second-order valence-corrected chi connectivity index (χ2v) is 9.65. The van der Waals surface area contributed by atoms with Crippen molar-refractivity contribution < 1.29 is 19.1 Å². The van der Waals surface area contributed by atoms with Gasteiger partial charge in [-0.2, -0.15) is 0 Å². The average molecular weight is 463 g/mol. The van der Waals surface area contributed by atoms with Crippen molar-refractivity contribution in [3.63, 3.8) is 0 Å². The van der Waals surface area contributed by atoms with Crippen LogP contribution in [0, 0.1) is 30.1 Å². The van der Waals surface area contributed by atoms with Crippen LogP contribution in [0.15, 0.2) is 24.3 Å². The van der Waals surface area contributed by atoms with Crippen molar-refractivity contribution in [2.45, 2.75) is 44.2 Å². The molecule has 8 nitrogen and oxygen atoms in total. The zero-order chi connectivity index (χ0) is 23.8. The molecule has 1 aliphatic carbocycles. The minimum absolute atomic E-state index is 0.0183. The van der Waals surface area contributed by atoms with Crippen molar-refractivity contribution in [3.8, 4) is 18.1 Å². The van der Waals surface area contributed by atoms with E-state index in [2.05, 4.69) is 21.5 Å². The first-order valence-electron chi connectivity index (χ1n) is 12.0. The summed E-state index contributed by atoms with van der Waals surface area (Å²) < 4.78 is 5.42. The van der Waals surface area contributed by atoms with Gasteiger partial charge in [-0.25, -0.2) is 0 Å². The van der Waals surface area contributed by atoms with E-state index < -0.39 is 12.1 Å². The molecule has 178 valence electrons. The summed E-state index contributed by atoms with van der Waals surface area (Å²) in [6.07, 6.45) is 9.74. The van der Waals surface area contributed by atoms with E-state index in [1.54, 1.807) is 18.1 Å². The lowest BCUT2D eigenvalue weighted by atomic mass is 9.97. The van der Waals surface area contributed by atoms with Gasteiger partial charge in [0, 0.05) is 29.9 Å². The number of likely N-dealkylation sites (tertiary alicyclic amines) is 1. The van der Waals surface area contributed by atoms with E-state index in [1.807, 2.05) is 18.2 Å². The number of fused-ring (bicyclic) bond motifs is 1. The van der Waals surface area contributed by atoms with Gasteiger partial charge in [0.2, 0.25) is 11.8 Å². The third-order valence-corrected chi connectivity index (χ3v) is 7.46. The fourth-order valence-corrected chi connectivity index (χ4v) is 5.42. The first-order valence-corrected chi connectivity index (χ1v) is 12.0. The Morgan fingerprint density at radius 2 is 2.12 bits per heavy atom. The summed E-state index contributed by atoms with van der Waals surface area (Å²) in [4.78, 5) is 43.8. The molecular formula is C26H30N4O4. The first kappa shape index (κ1) is 22.3. The van der Waals surface area contributed by atoms with Crippen molar-refractivity contribution in [2.24, 2.45) is 17.8 Å². The molecule has 3 amide bonds. The molecule has 34 heavy (non-hydrogen) atoms. The molecule has 0 unspecified atom stereocenters. The van der Waals surface area contributed by atoms with Gasteiger partial charge in [0.05, 0.1) is 13.2 Å². The molecule has 8 heteroatoms. The molecule has 0 bridgehead atoms. The third kappa shape index (κ3) is 4.23. The molecule has 3 aliphatic rings. The smallest absolute Gasteiger partial charge is 0.270 e. The minimum Gasteiger partial charge on any atom is -0.496 e. The second kappa shape index (κ2) is 9.05. The highest BCUT2D eigenvalue weighted by Gasteiger charge is 2.46. The highest BCUT2D eigenvalue weighted by molar-refractivity contribution is 6.01. The number of nitrogens with zero attached hydrogens (tertiary/aromatic N) is 1. The monoisotopic (exact) mass is 462 g/mol. The highest BCUT2D eigenvalue weighted by atomic mass is 16.5. The molecule has 2 aromatic rings. The molecule has 3 heterocycles. The maximum atomic E-state index is 13.6. The number of rotatable bonds is 7. The third-order valence-electron chi connectivity index (χ3n) is 7.46. The average Bonchev–Trinajstić information content (AvgIpc) is 3.25. The molecule has 2 aliphatic heterocycles. The van der Waals surface area contributed by atoms with Gasteiger partial charge in [0.15, 0.2) is 0 Å². The van der Waals surface area contributed by atoms with Crippen LogP contribution in [-0.4, -0.2) is 59.9 Å². The Morgan fingerprint density at radius 3 is 2.79 bits per heavy atom. The fourth-order valence-electron chi connectivity index (χ4n) is 5.42. The van der Waals surface area contributed by atoms with Crippen LogP contribution in [0.3, 0.4) is 0 Å². The van der Waals surface area contributed by atoms with E-state index in [0.717, 1.165) is 23.7 Å². The van der Waals surface area contributed by atoms with Crippen molar-refractivity contribution >= 4 is 28.6 Å². The number of H-pyrrole nitrogens is 1. The molecule has 1 aromatic heterocycles. The molecule has 2 saturated heterocycles. The van der Waals surface area contributed by atoms with Crippen molar-refractivity contribution in [2.75, 3.05) is 20.2 Å². The molecule has 4 atom stereocenters. The number of carbonyl (C=O) groups is 3. The highest BCUT2D eigenvalue weighted by Crippen LogP contribution is 2.43. The van der Waals surface area contributed by atoms with E-state index in [4.69, 9.17) is 11.2 Å². The Hall–Kier alpha value is -3.47. The number of aromatic amines is 1. The summed E-state index contributed by atoms with van der Waals surface area (Å²) in [6, 6.07) is 6.27. The van der Waals surface area contributed by atoms with Gasteiger partial charge >= 0.3 is 0 Å². The molecule has 1 saturated carbocycles. The summed E-state index contributed by atoms with van der Waals surface area (Å²) in [5, 5.41) is 6.57. The van der Waals surface area contributed by atoms with Crippen LogP contribution in [0.25, 0.3) is 10.9 Å². The molecule has 0 spiro atoms. The van der Waals surface area contributed by atoms with Crippen molar-refractivity contribution in [1.29, 1.82) is 0 Å². The van der Waals surface area contributed by atoms with Gasteiger partial charge in [-0.3, -0.25) is 14.4 Å². The Balaban J connectivity index is 1.35. The summed E-state index contributed by atoms with van der Waals surface area (Å²) >= 11 is 0. The number of aromatic nitrogens is 1. The van der Waals surface area contributed by atoms with Gasteiger partial charge in [-0.15, -0.1) is 6.42 Å².